The van der Waals surface area contributed by atoms with Crippen molar-refractivity contribution in [2.24, 2.45) is 5.92 Å². The zero-order valence-corrected chi connectivity index (χ0v) is 21.8. The Morgan fingerprint density at radius 3 is 2.56 bits per heavy atom. The molecule has 1 N–H and O–H groups in total. The monoisotopic (exact) mass is 537 g/mol. The summed E-state index contributed by atoms with van der Waals surface area (Å²) in [6.45, 7) is 3.62. The largest absolute Gasteiger partial charge is 0.501 e. The number of sulfonamides is 1. The predicted octanol–water partition coefficient (Wildman–Crippen LogP) is 1.06. The molecule has 0 radical (unpaired) electrons. The summed E-state index contributed by atoms with van der Waals surface area (Å²) in [4.78, 5) is 28.0. The Morgan fingerprint density at radius 1 is 1.25 bits per heavy atom. The number of imide groups is 1. The Balaban J connectivity index is 1.50. The van der Waals surface area contributed by atoms with Gasteiger partial charge >= 0.3 is 11.9 Å². The lowest BCUT2D eigenvalue weighted by Gasteiger charge is -2.28. The molecule has 1 saturated carbocycles. The third kappa shape index (κ3) is 4.96. The minimum Gasteiger partial charge on any atom is -0.357 e. The van der Waals surface area contributed by atoms with Gasteiger partial charge in [-0.2, -0.15) is 9.37 Å². The first kappa shape index (κ1) is 25.0. The van der Waals surface area contributed by atoms with E-state index in [1.165, 1.54) is 22.8 Å². The van der Waals surface area contributed by atoms with E-state index in [9.17, 15) is 26.4 Å². The molecule has 1 aromatic heterocycles. The van der Waals surface area contributed by atoms with Gasteiger partial charge in [-0.1, -0.05) is 11.2 Å². The van der Waals surface area contributed by atoms with Crippen molar-refractivity contribution in [2.45, 2.75) is 56.9 Å². The maximum absolute atomic E-state index is 13.5. The molecule has 36 heavy (non-hydrogen) atoms. The smallest absolute Gasteiger partial charge is 0.357 e. The number of rotatable bonds is 7. The van der Waals surface area contributed by atoms with E-state index in [1.54, 1.807) is 13.0 Å². The predicted molar refractivity (Wildman–Crippen MR) is 129 cm³/mol. The molecule has 11 nitrogen and oxygen atoms in total. The van der Waals surface area contributed by atoms with E-state index < -0.39 is 42.6 Å². The maximum atomic E-state index is 13.5. The van der Waals surface area contributed by atoms with Crippen LogP contribution in [-0.2, 0) is 31.2 Å². The van der Waals surface area contributed by atoms with E-state index in [2.05, 4.69) is 9.88 Å². The van der Waals surface area contributed by atoms with Gasteiger partial charge in [-0.15, -0.1) is 4.90 Å². The van der Waals surface area contributed by atoms with Crippen LogP contribution in [0.15, 0.2) is 34.4 Å². The number of allylic oxidation sites excluding steroid dienone is 1. The third-order valence-corrected chi connectivity index (χ3v) is 10.6. The number of aryl methyl sites for hydroxylation is 1. The Morgan fingerprint density at radius 2 is 1.94 bits per heavy atom. The summed E-state index contributed by atoms with van der Waals surface area (Å²) >= 11 is 0. The zero-order valence-electron chi connectivity index (χ0n) is 20.1. The second-order valence-electron chi connectivity index (χ2n) is 10.3. The van der Waals surface area contributed by atoms with Gasteiger partial charge in [0.05, 0.1) is 23.7 Å². The molecule has 3 heterocycles. The summed E-state index contributed by atoms with van der Waals surface area (Å²) in [5.74, 6) is -0.258. The highest BCUT2D eigenvalue weighted by atomic mass is 32.2. The zero-order chi connectivity index (χ0) is 25.9. The summed E-state index contributed by atoms with van der Waals surface area (Å²) in [5, 5.41) is 2.74. The molecule has 0 bridgehead atoms. The van der Waals surface area contributed by atoms with Gasteiger partial charge in [0.2, 0.25) is 10.0 Å². The molecule has 5 rings (SSSR count). The van der Waals surface area contributed by atoms with Crippen LogP contribution >= 0.6 is 0 Å². The number of fused-ring (bicyclic) bond motifs is 1. The summed E-state index contributed by atoms with van der Waals surface area (Å²) in [5.41, 5.74) is 0.575. The number of nitrogens with one attached hydrogen (secondary N) is 1. The second kappa shape index (κ2) is 8.73. The number of carbonyl (C=O) groups excluding carboxylic acids is 2. The lowest BCUT2D eigenvalue weighted by Crippen LogP contribution is -2.53. The van der Waals surface area contributed by atoms with Crippen LogP contribution in [-0.4, -0.2) is 78.0 Å². The first-order valence-electron chi connectivity index (χ1n) is 11.9. The molecule has 0 aromatic carbocycles. The molecule has 1 atom stereocenters. The average molecular weight is 538 g/mol. The van der Waals surface area contributed by atoms with Gasteiger partial charge < -0.3 is 4.52 Å². The van der Waals surface area contributed by atoms with Gasteiger partial charge in [-0.3, -0.25) is 0 Å². The van der Waals surface area contributed by atoms with Crippen LogP contribution in [0.4, 0.5) is 4.79 Å². The molecular formula is C23H29N4O7S2+. The SMILES string of the molecule is Cc1cc(CN2C(=O)C3=CC(S(=O)(=O)NC4(C)CC4)C=CC3=[N+](CC3CCS(=O)(=O)CC3)C2=O)on1. The van der Waals surface area contributed by atoms with E-state index in [1.807, 2.05) is 6.92 Å². The van der Waals surface area contributed by atoms with Gasteiger partial charge in [-0.05, 0) is 57.6 Å². The van der Waals surface area contributed by atoms with Crippen molar-refractivity contribution in [1.82, 2.24) is 14.8 Å². The standard InChI is InChI=1S/C23H29N4O7S2/c1-15-11-17(34-24-15)14-27-21(28)19-12-18(36(32,33)25-23(2)7-8-23)3-4-20(19)26(22(27)29)13-16-5-9-35(30,31)10-6-16/h3-4,11-12,16,18,25H,5-10,13-14H2,1-2H3/q+1. The van der Waals surface area contributed by atoms with Crippen molar-refractivity contribution >= 4 is 37.5 Å². The Labute approximate surface area is 209 Å². The van der Waals surface area contributed by atoms with Crippen LogP contribution in [0.1, 0.15) is 44.1 Å². The number of carbonyl (C=O) groups is 2. The molecule has 194 valence electrons. The van der Waals surface area contributed by atoms with Crippen molar-refractivity contribution in [2.75, 3.05) is 18.1 Å². The molecule has 1 unspecified atom stereocenters. The van der Waals surface area contributed by atoms with Gasteiger partial charge in [0.25, 0.3) is 0 Å². The normalized spacial score (nSPS) is 25.7. The molecule has 2 aliphatic heterocycles. The quantitative estimate of drug-likeness (QED) is 0.508. The minimum atomic E-state index is -3.79. The number of hydrogen-bond acceptors (Lipinski definition) is 8. The highest BCUT2D eigenvalue weighted by Crippen LogP contribution is 2.36. The second-order valence-corrected chi connectivity index (χ2v) is 14.5. The number of amides is 3. The molecule has 1 aromatic rings. The lowest BCUT2D eigenvalue weighted by molar-refractivity contribution is -0.445. The van der Waals surface area contributed by atoms with Gasteiger partial charge in [0, 0.05) is 11.6 Å². The van der Waals surface area contributed by atoms with E-state index in [-0.39, 0.29) is 36.1 Å². The van der Waals surface area contributed by atoms with Crippen LogP contribution in [0.5, 0.6) is 0 Å². The summed E-state index contributed by atoms with van der Waals surface area (Å²) in [6, 6.07) is 1.06. The van der Waals surface area contributed by atoms with E-state index in [0.717, 1.165) is 17.7 Å². The van der Waals surface area contributed by atoms with Crippen molar-refractivity contribution in [3.8, 4) is 0 Å². The van der Waals surface area contributed by atoms with Crippen LogP contribution < -0.4 is 4.72 Å². The molecule has 0 spiro atoms. The highest BCUT2D eigenvalue weighted by molar-refractivity contribution is 7.91. The van der Waals surface area contributed by atoms with Crippen LogP contribution in [0, 0.1) is 12.8 Å². The first-order chi connectivity index (χ1) is 16.9. The van der Waals surface area contributed by atoms with E-state index in [4.69, 9.17) is 4.52 Å². The van der Waals surface area contributed by atoms with Gasteiger partial charge in [0.1, 0.15) is 26.4 Å². The Bertz CT molecular complexity index is 1420. The highest BCUT2D eigenvalue weighted by Gasteiger charge is 2.48. The van der Waals surface area contributed by atoms with Crippen molar-refractivity contribution in [3.05, 3.63) is 41.3 Å². The summed E-state index contributed by atoms with van der Waals surface area (Å²) in [6.07, 6.45) is 6.70. The average Bonchev–Trinajstić information content (AvgIpc) is 3.38. The van der Waals surface area contributed by atoms with Crippen LogP contribution in [0.25, 0.3) is 0 Å². The summed E-state index contributed by atoms with van der Waals surface area (Å²) < 4.78 is 59.2. The van der Waals surface area contributed by atoms with Gasteiger partial charge in [-0.25, -0.2) is 26.4 Å². The molecule has 3 amide bonds. The number of hydrogen-bond donors (Lipinski definition) is 1. The molecule has 2 fully saturated rings. The molecular weight excluding hydrogens is 508 g/mol. The van der Waals surface area contributed by atoms with Crippen LogP contribution in [0.3, 0.4) is 0 Å². The summed E-state index contributed by atoms with van der Waals surface area (Å²) in [7, 11) is -6.87. The minimum absolute atomic E-state index is 0.0539. The van der Waals surface area contributed by atoms with E-state index >= 15 is 0 Å². The molecule has 2 aliphatic carbocycles. The third-order valence-electron chi connectivity index (χ3n) is 7.13. The maximum Gasteiger partial charge on any atom is 0.501 e. The van der Waals surface area contributed by atoms with Gasteiger partial charge in [0.15, 0.2) is 12.3 Å². The molecule has 1 saturated heterocycles. The van der Waals surface area contributed by atoms with Crippen LogP contribution in [0.2, 0.25) is 0 Å². The topological polar surface area (TPSA) is 147 Å². The lowest BCUT2D eigenvalue weighted by atomic mass is 9.97. The fourth-order valence-corrected chi connectivity index (χ4v) is 7.93. The first-order valence-corrected chi connectivity index (χ1v) is 15.3. The van der Waals surface area contributed by atoms with E-state index in [0.29, 0.717) is 30.0 Å². The Hall–Kier alpha value is -2.64. The molecule has 4 aliphatic rings. The molecule has 13 heteroatoms. The number of urea groups is 1. The number of nitrogens with zero attached hydrogens (tertiary/aromatic N) is 3. The fraction of sp³-hybridized carbons (Fsp3) is 0.565. The fourth-order valence-electron chi connectivity index (χ4n) is 4.71. The van der Waals surface area contributed by atoms with Crippen molar-refractivity contribution < 1.29 is 35.5 Å². The number of aromatic nitrogens is 1. The van der Waals surface area contributed by atoms with Crippen molar-refractivity contribution in [3.63, 3.8) is 0 Å². The van der Waals surface area contributed by atoms with Crippen molar-refractivity contribution in [1.29, 1.82) is 0 Å². The number of sulfone groups is 1. The Kier molecular flexibility index (Phi) is 6.07.